The summed E-state index contributed by atoms with van der Waals surface area (Å²) in [7, 11) is 3.08. The van der Waals surface area contributed by atoms with Crippen LogP contribution in [0.1, 0.15) is 6.92 Å². The summed E-state index contributed by atoms with van der Waals surface area (Å²) in [4.78, 5) is 22.6. The third-order valence-corrected chi connectivity index (χ3v) is 4.01. The van der Waals surface area contributed by atoms with Crippen molar-refractivity contribution in [2.75, 3.05) is 12.4 Å². The lowest BCUT2D eigenvalue weighted by atomic mass is 10.2. The van der Waals surface area contributed by atoms with Gasteiger partial charge in [0.05, 0.1) is 23.0 Å². The summed E-state index contributed by atoms with van der Waals surface area (Å²) in [5.41, 5.74) is 0.0918. The molecule has 122 valence electrons. The van der Waals surface area contributed by atoms with Gasteiger partial charge in [-0.05, 0) is 23.4 Å². The van der Waals surface area contributed by atoms with Crippen molar-refractivity contribution in [3.63, 3.8) is 0 Å². The molecule has 2 rings (SSSR count). The van der Waals surface area contributed by atoms with Crippen molar-refractivity contribution >= 4 is 29.0 Å². The molecular formula is C12H14N6O4S. The number of nitrogens with zero attached hydrogens (tertiary/aromatic N) is 5. The number of carbonyl (C=O) groups is 1. The Kier molecular flexibility index (Phi) is 5.11. The first-order valence-electron chi connectivity index (χ1n) is 6.44. The minimum absolute atomic E-state index is 0.140. The number of nitro groups is 1. The van der Waals surface area contributed by atoms with Gasteiger partial charge in [-0.25, -0.2) is 4.68 Å². The highest BCUT2D eigenvalue weighted by Crippen LogP contribution is 2.30. The van der Waals surface area contributed by atoms with Gasteiger partial charge in [0.1, 0.15) is 5.75 Å². The summed E-state index contributed by atoms with van der Waals surface area (Å²) in [6, 6.07) is 3.98. The summed E-state index contributed by atoms with van der Waals surface area (Å²) in [6.45, 7) is 1.68. The first-order chi connectivity index (χ1) is 10.9. The Morgan fingerprint density at radius 1 is 1.52 bits per heavy atom. The molecule has 0 bridgehead atoms. The average molecular weight is 338 g/mol. The molecule has 0 spiro atoms. The average Bonchev–Trinajstić information content (AvgIpc) is 2.92. The molecule has 10 nitrogen and oxygen atoms in total. The molecule has 0 aliphatic heterocycles. The van der Waals surface area contributed by atoms with Crippen LogP contribution in [0.25, 0.3) is 0 Å². The lowest BCUT2D eigenvalue weighted by Gasteiger charge is -2.13. The predicted molar refractivity (Wildman–Crippen MR) is 82.4 cm³/mol. The number of methoxy groups -OCH3 is 1. The fourth-order valence-electron chi connectivity index (χ4n) is 1.67. The highest BCUT2D eigenvalue weighted by atomic mass is 32.2. The standard InChI is InChI=1S/C12H14N6O4S/c1-7(23-12-14-15-16-17(12)2)11(19)13-9-6-8(18(20)21)4-5-10(9)22-3/h4-7H,1-3H3,(H,13,19)/t7-/m1/s1. The molecule has 1 aromatic heterocycles. The summed E-state index contributed by atoms with van der Waals surface area (Å²) < 4.78 is 6.55. The number of ether oxygens (including phenoxy) is 1. The molecule has 0 saturated carbocycles. The molecule has 0 radical (unpaired) electrons. The molecule has 0 unspecified atom stereocenters. The SMILES string of the molecule is COc1ccc([N+](=O)[O-])cc1NC(=O)[C@@H](C)Sc1nnnn1C. The van der Waals surface area contributed by atoms with Gasteiger partial charge < -0.3 is 10.1 Å². The van der Waals surface area contributed by atoms with E-state index in [-0.39, 0.29) is 17.3 Å². The number of benzene rings is 1. The van der Waals surface area contributed by atoms with Crippen LogP contribution in [0.3, 0.4) is 0 Å². The van der Waals surface area contributed by atoms with E-state index in [2.05, 4.69) is 20.8 Å². The second-order valence-electron chi connectivity index (χ2n) is 4.48. The van der Waals surface area contributed by atoms with E-state index in [1.165, 1.54) is 41.8 Å². The number of rotatable bonds is 6. The number of nitro benzene ring substituents is 1. The van der Waals surface area contributed by atoms with Crippen LogP contribution in [0.4, 0.5) is 11.4 Å². The number of amides is 1. The molecule has 11 heteroatoms. The van der Waals surface area contributed by atoms with Crippen LogP contribution in [-0.4, -0.2) is 43.4 Å². The lowest BCUT2D eigenvalue weighted by Crippen LogP contribution is -2.23. The Morgan fingerprint density at radius 3 is 2.83 bits per heavy atom. The van der Waals surface area contributed by atoms with Crippen molar-refractivity contribution < 1.29 is 14.5 Å². The largest absolute Gasteiger partial charge is 0.495 e. The third kappa shape index (κ3) is 3.94. The number of tetrazole rings is 1. The molecule has 0 saturated heterocycles. The predicted octanol–water partition coefficient (Wildman–Crippen LogP) is 1.25. The smallest absolute Gasteiger partial charge is 0.271 e. The van der Waals surface area contributed by atoms with Gasteiger partial charge in [0.25, 0.3) is 5.69 Å². The Bertz CT molecular complexity index is 734. The minimum Gasteiger partial charge on any atom is -0.495 e. The van der Waals surface area contributed by atoms with E-state index < -0.39 is 10.2 Å². The van der Waals surface area contributed by atoms with Crippen LogP contribution in [-0.2, 0) is 11.8 Å². The summed E-state index contributed by atoms with van der Waals surface area (Å²) in [6.07, 6.45) is 0. The zero-order valence-electron chi connectivity index (χ0n) is 12.6. The molecule has 1 aromatic carbocycles. The monoisotopic (exact) mass is 338 g/mol. The number of anilines is 1. The van der Waals surface area contributed by atoms with Gasteiger partial charge in [0, 0.05) is 19.2 Å². The number of thioether (sulfide) groups is 1. The maximum atomic E-state index is 12.3. The molecule has 23 heavy (non-hydrogen) atoms. The van der Waals surface area contributed by atoms with Crippen molar-refractivity contribution in [1.82, 2.24) is 20.2 Å². The number of carbonyl (C=O) groups excluding carboxylic acids is 1. The van der Waals surface area contributed by atoms with Crippen LogP contribution >= 0.6 is 11.8 Å². The van der Waals surface area contributed by atoms with Crippen molar-refractivity contribution in [3.05, 3.63) is 28.3 Å². The number of hydrogen-bond acceptors (Lipinski definition) is 8. The Morgan fingerprint density at radius 2 is 2.26 bits per heavy atom. The van der Waals surface area contributed by atoms with E-state index in [9.17, 15) is 14.9 Å². The van der Waals surface area contributed by atoms with E-state index in [1.54, 1.807) is 14.0 Å². The van der Waals surface area contributed by atoms with E-state index in [4.69, 9.17) is 4.74 Å². The number of aromatic nitrogens is 4. The fraction of sp³-hybridized carbons (Fsp3) is 0.333. The summed E-state index contributed by atoms with van der Waals surface area (Å²) in [5, 5.41) is 24.4. The van der Waals surface area contributed by atoms with Gasteiger partial charge in [-0.2, -0.15) is 0 Å². The van der Waals surface area contributed by atoms with Crippen LogP contribution in [0.5, 0.6) is 5.75 Å². The molecule has 1 heterocycles. The van der Waals surface area contributed by atoms with Gasteiger partial charge >= 0.3 is 0 Å². The van der Waals surface area contributed by atoms with Gasteiger partial charge in [-0.15, -0.1) is 5.10 Å². The van der Waals surface area contributed by atoms with Gasteiger partial charge in [0.2, 0.25) is 11.1 Å². The van der Waals surface area contributed by atoms with Crippen molar-refractivity contribution in [2.24, 2.45) is 7.05 Å². The normalized spacial score (nSPS) is 11.8. The first kappa shape index (κ1) is 16.7. The van der Waals surface area contributed by atoms with Crippen molar-refractivity contribution in [2.45, 2.75) is 17.3 Å². The molecule has 2 aromatic rings. The van der Waals surface area contributed by atoms with E-state index in [0.717, 1.165) is 0 Å². The molecular weight excluding hydrogens is 324 g/mol. The maximum Gasteiger partial charge on any atom is 0.271 e. The molecule has 1 N–H and O–H groups in total. The van der Waals surface area contributed by atoms with Gasteiger partial charge in [-0.1, -0.05) is 11.8 Å². The minimum atomic E-state index is -0.543. The van der Waals surface area contributed by atoms with Crippen LogP contribution in [0.15, 0.2) is 23.4 Å². The molecule has 1 amide bonds. The van der Waals surface area contributed by atoms with Gasteiger partial charge in [-0.3, -0.25) is 14.9 Å². The Labute approximate surface area is 135 Å². The Hall–Kier alpha value is -2.69. The number of non-ortho nitro benzene ring substituents is 1. The second-order valence-corrected chi connectivity index (χ2v) is 5.78. The van der Waals surface area contributed by atoms with E-state index in [1.807, 2.05) is 0 Å². The van der Waals surface area contributed by atoms with Crippen LogP contribution in [0.2, 0.25) is 0 Å². The fourth-order valence-corrected chi connectivity index (χ4v) is 2.43. The Balaban J connectivity index is 2.14. The molecule has 1 atom stereocenters. The summed E-state index contributed by atoms with van der Waals surface area (Å²) >= 11 is 1.17. The zero-order valence-corrected chi connectivity index (χ0v) is 13.4. The van der Waals surface area contributed by atoms with E-state index in [0.29, 0.717) is 10.9 Å². The topological polar surface area (TPSA) is 125 Å². The lowest BCUT2D eigenvalue weighted by molar-refractivity contribution is -0.384. The first-order valence-corrected chi connectivity index (χ1v) is 7.32. The van der Waals surface area contributed by atoms with Crippen LogP contribution in [0, 0.1) is 10.1 Å². The number of hydrogen-bond donors (Lipinski definition) is 1. The highest BCUT2D eigenvalue weighted by Gasteiger charge is 2.20. The molecule has 0 fully saturated rings. The van der Waals surface area contributed by atoms with Crippen molar-refractivity contribution in [1.29, 1.82) is 0 Å². The number of nitrogens with one attached hydrogen (secondary N) is 1. The van der Waals surface area contributed by atoms with Crippen LogP contribution < -0.4 is 10.1 Å². The van der Waals surface area contributed by atoms with Crippen molar-refractivity contribution in [3.8, 4) is 5.75 Å². The zero-order chi connectivity index (χ0) is 17.0. The summed E-state index contributed by atoms with van der Waals surface area (Å²) in [5.74, 6) is -0.0155. The molecule has 0 aliphatic rings. The third-order valence-electron chi connectivity index (χ3n) is 2.88. The quantitative estimate of drug-likeness (QED) is 0.474. The molecule has 0 aliphatic carbocycles. The van der Waals surface area contributed by atoms with E-state index >= 15 is 0 Å². The second kappa shape index (κ2) is 7.05. The highest BCUT2D eigenvalue weighted by molar-refractivity contribution is 8.00. The number of aryl methyl sites for hydroxylation is 1. The van der Waals surface area contributed by atoms with Gasteiger partial charge in [0.15, 0.2) is 0 Å². The maximum absolute atomic E-state index is 12.3.